The summed E-state index contributed by atoms with van der Waals surface area (Å²) in [5.74, 6) is 0.612. The van der Waals surface area contributed by atoms with Crippen LogP contribution in [0.25, 0.3) is 0 Å². The van der Waals surface area contributed by atoms with E-state index in [2.05, 4.69) is 4.98 Å². The lowest BCUT2D eigenvalue weighted by atomic mass is 9.84. The van der Waals surface area contributed by atoms with Crippen LogP contribution in [0.2, 0.25) is 0 Å². The smallest absolute Gasteiger partial charge is 0.244 e. The zero-order chi connectivity index (χ0) is 18.2. The molecule has 0 aromatic carbocycles. The van der Waals surface area contributed by atoms with E-state index in [-0.39, 0.29) is 16.4 Å². The van der Waals surface area contributed by atoms with Crippen LogP contribution in [0, 0.1) is 5.92 Å². The van der Waals surface area contributed by atoms with Crippen molar-refractivity contribution >= 4 is 15.9 Å². The predicted octanol–water partition coefficient (Wildman–Crippen LogP) is 1.26. The number of ether oxygens (including phenoxy) is 1. The summed E-state index contributed by atoms with van der Waals surface area (Å²) < 4.78 is 32.7. The maximum atomic E-state index is 12.6. The van der Waals surface area contributed by atoms with Crippen LogP contribution >= 0.6 is 0 Å². The summed E-state index contributed by atoms with van der Waals surface area (Å²) in [5, 5.41) is 0. The fourth-order valence-corrected chi connectivity index (χ4v) is 5.65. The molecule has 0 saturated carbocycles. The summed E-state index contributed by atoms with van der Waals surface area (Å²) in [6.45, 7) is 3.04. The number of rotatable bonds is 4. The van der Waals surface area contributed by atoms with Crippen molar-refractivity contribution in [1.82, 2.24) is 14.2 Å². The molecule has 26 heavy (non-hydrogen) atoms. The third-order valence-corrected chi connectivity index (χ3v) is 7.51. The number of carbonyl (C=O) groups is 1. The average molecular weight is 379 g/mol. The molecular weight excluding hydrogens is 354 g/mol. The highest BCUT2D eigenvalue weighted by Gasteiger charge is 2.51. The Hall–Kier alpha value is -1.51. The van der Waals surface area contributed by atoms with Crippen molar-refractivity contribution < 1.29 is 17.9 Å². The minimum absolute atomic E-state index is 0.229. The van der Waals surface area contributed by atoms with Crippen molar-refractivity contribution in [3.8, 4) is 0 Å². The van der Waals surface area contributed by atoms with E-state index in [1.807, 2.05) is 4.90 Å². The molecule has 3 saturated heterocycles. The molecule has 4 heterocycles. The number of likely N-dealkylation sites (tertiary alicyclic amines) is 1. The first kappa shape index (κ1) is 17.9. The first-order valence-electron chi connectivity index (χ1n) is 9.30. The Kier molecular flexibility index (Phi) is 4.75. The average Bonchev–Trinajstić information content (AvgIpc) is 2.63. The topological polar surface area (TPSA) is 79.8 Å². The van der Waals surface area contributed by atoms with Crippen molar-refractivity contribution in [3.63, 3.8) is 0 Å². The lowest BCUT2D eigenvalue weighted by Crippen LogP contribution is -2.66. The molecule has 1 aromatic rings. The highest BCUT2D eigenvalue weighted by molar-refractivity contribution is 7.89. The van der Waals surface area contributed by atoms with Crippen LogP contribution in [0.15, 0.2) is 29.4 Å². The number of hydrogen-bond donors (Lipinski definition) is 0. The zero-order valence-corrected chi connectivity index (χ0v) is 15.7. The van der Waals surface area contributed by atoms with Crippen LogP contribution in [-0.4, -0.2) is 66.9 Å². The van der Waals surface area contributed by atoms with E-state index in [4.69, 9.17) is 4.74 Å². The number of hydrogen-bond acceptors (Lipinski definition) is 5. The van der Waals surface area contributed by atoms with Crippen LogP contribution in [0.3, 0.4) is 0 Å². The molecule has 1 aromatic heterocycles. The van der Waals surface area contributed by atoms with Gasteiger partial charge in [-0.15, -0.1) is 0 Å². The molecule has 4 rings (SSSR count). The minimum Gasteiger partial charge on any atom is -0.372 e. The minimum atomic E-state index is -3.48. The monoisotopic (exact) mass is 379 g/mol. The zero-order valence-electron chi connectivity index (χ0n) is 14.8. The molecule has 3 aliphatic rings. The lowest BCUT2D eigenvalue weighted by Gasteiger charge is -2.52. The van der Waals surface area contributed by atoms with E-state index in [1.165, 1.54) is 10.5 Å². The summed E-state index contributed by atoms with van der Waals surface area (Å²) >= 11 is 0. The van der Waals surface area contributed by atoms with Gasteiger partial charge in [0.25, 0.3) is 0 Å². The Morgan fingerprint density at radius 1 is 1.31 bits per heavy atom. The Bertz CT molecular complexity index is 752. The van der Waals surface area contributed by atoms with Crippen molar-refractivity contribution in [2.75, 3.05) is 32.8 Å². The van der Waals surface area contributed by atoms with E-state index >= 15 is 0 Å². The fraction of sp³-hybridized carbons (Fsp3) is 0.667. The number of nitrogens with zero attached hydrogens (tertiary/aromatic N) is 3. The van der Waals surface area contributed by atoms with E-state index in [1.54, 1.807) is 18.3 Å². The lowest BCUT2D eigenvalue weighted by molar-refractivity contribution is -0.161. The van der Waals surface area contributed by atoms with Crippen molar-refractivity contribution in [3.05, 3.63) is 24.5 Å². The quantitative estimate of drug-likeness (QED) is 0.787. The number of carbonyl (C=O) groups excluding carboxylic acids is 1. The molecule has 0 aliphatic carbocycles. The van der Waals surface area contributed by atoms with Crippen molar-refractivity contribution in [2.45, 2.75) is 42.6 Å². The largest absolute Gasteiger partial charge is 0.372 e. The predicted molar refractivity (Wildman–Crippen MR) is 94.8 cm³/mol. The summed E-state index contributed by atoms with van der Waals surface area (Å²) in [4.78, 5) is 18.1. The molecule has 0 bridgehead atoms. The maximum Gasteiger partial charge on any atom is 0.244 e. The number of sulfonamides is 1. The fourth-order valence-electron chi connectivity index (χ4n) is 4.09. The SMILES string of the molecule is O=C1CCCCN1C[C@@H]1CCC2(CN(S(=O)(=O)c3cccnc3)C2)OC1. The first-order valence-corrected chi connectivity index (χ1v) is 10.7. The molecule has 0 radical (unpaired) electrons. The van der Waals surface area contributed by atoms with E-state index in [0.29, 0.717) is 32.0 Å². The molecular formula is C18H25N3O4S. The van der Waals surface area contributed by atoms with Gasteiger partial charge >= 0.3 is 0 Å². The van der Waals surface area contributed by atoms with Gasteiger partial charge in [0.2, 0.25) is 15.9 Å². The molecule has 3 fully saturated rings. The summed E-state index contributed by atoms with van der Waals surface area (Å²) in [5.41, 5.74) is -0.350. The summed E-state index contributed by atoms with van der Waals surface area (Å²) in [6, 6.07) is 3.20. The first-order chi connectivity index (χ1) is 12.5. The molecule has 0 unspecified atom stereocenters. The van der Waals surface area contributed by atoms with Gasteiger partial charge < -0.3 is 9.64 Å². The van der Waals surface area contributed by atoms with Crippen LogP contribution in [0.1, 0.15) is 32.1 Å². The van der Waals surface area contributed by atoms with E-state index in [9.17, 15) is 13.2 Å². The summed E-state index contributed by atoms with van der Waals surface area (Å²) in [6.07, 6.45) is 7.52. The van der Waals surface area contributed by atoms with Gasteiger partial charge in [0.05, 0.1) is 12.2 Å². The van der Waals surface area contributed by atoms with Gasteiger partial charge in [0.15, 0.2) is 0 Å². The molecule has 1 amide bonds. The Morgan fingerprint density at radius 3 is 2.81 bits per heavy atom. The molecule has 7 nitrogen and oxygen atoms in total. The molecule has 0 N–H and O–H groups in total. The second-order valence-electron chi connectivity index (χ2n) is 7.66. The van der Waals surface area contributed by atoms with Crippen LogP contribution in [0.4, 0.5) is 0 Å². The second-order valence-corrected chi connectivity index (χ2v) is 9.60. The molecule has 1 atom stereocenters. The van der Waals surface area contributed by atoms with E-state index < -0.39 is 10.0 Å². The van der Waals surface area contributed by atoms with Gasteiger partial charge in [-0.05, 0) is 37.8 Å². The van der Waals surface area contributed by atoms with Crippen LogP contribution in [0.5, 0.6) is 0 Å². The third kappa shape index (κ3) is 3.37. The highest BCUT2D eigenvalue weighted by atomic mass is 32.2. The Labute approximate surface area is 154 Å². The summed E-state index contributed by atoms with van der Waals surface area (Å²) in [7, 11) is -3.48. The Morgan fingerprint density at radius 2 is 2.15 bits per heavy atom. The Balaban J connectivity index is 1.30. The molecule has 142 valence electrons. The number of pyridine rings is 1. The standard InChI is InChI=1S/C18H25N3O4S/c22-17-5-1-2-9-20(17)11-15-6-7-18(25-12-15)13-21(14-18)26(23,24)16-4-3-8-19-10-16/h3-4,8,10,15H,1-2,5-7,9,11-14H2/t15-/m0/s1. The van der Waals surface area contributed by atoms with Gasteiger partial charge in [-0.2, -0.15) is 4.31 Å². The molecule has 1 spiro atoms. The third-order valence-electron chi connectivity index (χ3n) is 5.73. The normalized spacial score (nSPS) is 26.7. The van der Waals surface area contributed by atoms with Gasteiger partial charge in [0.1, 0.15) is 4.90 Å². The van der Waals surface area contributed by atoms with Crippen LogP contribution < -0.4 is 0 Å². The van der Waals surface area contributed by atoms with Crippen molar-refractivity contribution in [1.29, 1.82) is 0 Å². The van der Waals surface area contributed by atoms with Crippen molar-refractivity contribution in [2.24, 2.45) is 5.92 Å². The van der Waals surface area contributed by atoms with Gasteiger partial charge in [-0.1, -0.05) is 0 Å². The van der Waals surface area contributed by atoms with Gasteiger partial charge in [0, 0.05) is 50.9 Å². The number of aromatic nitrogens is 1. The molecule has 3 aliphatic heterocycles. The van der Waals surface area contributed by atoms with Crippen LogP contribution in [-0.2, 0) is 19.6 Å². The number of amides is 1. The van der Waals surface area contributed by atoms with Gasteiger partial charge in [-0.3, -0.25) is 9.78 Å². The molecule has 8 heteroatoms. The second kappa shape index (κ2) is 6.90. The highest BCUT2D eigenvalue weighted by Crippen LogP contribution is 2.39. The van der Waals surface area contributed by atoms with E-state index in [0.717, 1.165) is 38.8 Å². The van der Waals surface area contributed by atoms with Gasteiger partial charge in [-0.25, -0.2) is 8.42 Å². The maximum absolute atomic E-state index is 12.6. The number of piperidine rings is 1.